The quantitative estimate of drug-likeness (QED) is 0.721. The Kier molecular flexibility index (Phi) is 3.87. The molecule has 1 saturated heterocycles. The molecular weight excluding hydrogens is 318 g/mol. The average molecular weight is 337 g/mol. The van der Waals surface area contributed by atoms with E-state index in [9.17, 15) is 9.59 Å². The first-order chi connectivity index (χ1) is 12.1. The summed E-state index contributed by atoms with van der Waals surface area (Å²) in [6.07, 6.45) is 5.64. The summed E-state index contributed by atoms with van der Waals surface area (Å²) < 4.78 is 7.80. The van der Waals surface area contributed by atoms with E-state index in [0.717, 1.165) is 18.7 Å². The molecule has 6 nitrogen and oxygen atoms in total. The molecule has 3 aromatic rings. The number of hydrogen-bond acceptors (Lipinski definition) is 4. The van der Waals surface area contributed by atoms with Gasteiger partial charge in [0.1, 0.15) is 11.4 Å². The van der Waals surface area contributed by atoms with Crippen molar-refractivity contribution in [2.45, 2.75) is 25.8 Å². The normalized spacial score (nSPS) is 17.8. The van der Waals surface area contributed by atoms with Crippen LogP contribution in [0.5, 0.6) is 0 Å². The standard InChI is InChI=1S/C19H19N3O3/c1-13-20-8-10-22(13)14-5-4-9-21(12-14)19(24)18-11-16(23)15-6-2-3-7-17(15)25-18/h2-3,6-8,10-11,14H,4-5,9,12H2,1H3/t14-/m1/s1. The third-order valence-electron chi connectivity index (χ3n) is 4.78. The molecule has 25 heavy (non-hydrogen) atoms. The van der Waals surface area contributed by atoms with Crippen LogP contribution in [-0.4, -0.2) is 33.4 Å². The predicted molar refractivity (Wildman–Crippen MR) is 93.6 cm³/mol. The molecule has 1 fully saturated rings. The first kappa shape index (κ1) is 15.6. The van der Waals surface area contributed by atoms with Crippen molar-refractivity contribution >= 4 is 16.9 Å². The zero-order chi connectivity index (χ0) is 17.4. The first-order valence-electron chi connectivity index (χ1n) is 8.45. The van der Waals surface area contributed by atoms with Gasteiger partial charge in [-0.1, -0.05) is 12.1 Å². The van der Waals surface area contributed by atoms with Gasteiger partial charge in [0.05, 0.1) is 11.4 Å². The topological polar surface area (TPSA) is 68.3 Å². The largest absolute Gasteiger partial charge is 0.451 e. The van der Waals surface area contributed by atoms with Crippen molar-refractivity contribution < 1.29 is 9.21 Å². The lowest BCUT2D eigenvalue weighted by Gasteiger charge is -2.33. The van der Waals surface area contributed by atoms with Crippen molar-refractivity contribution in [2.24, 2.45) is 0 Å². The minimum absolute atomic E-state index is 0.103. The summed E-state index contributed by atoms with van der Waals surface area (Å²) in [5.74, 6) is 0.813. The van der Waals surface area contributed by atoms with Gasteiger partial charge < -0.3 is 13.9 Å². The summed E-state index contributed by atoms with van der Waals surface area (Å²) in [5.41, 5.74) is 0.251. The highest BCUT2D eigenvalue weighted by Gasteiger charge is 2.27. The number of aromatic nitrogens is 2. The zero-order valence-electron chi connectivity index (χ0n) is 14.0. The number of hydrogen-bond donors (Lipinski definition) is 0. The van der Waals surface area contributed by atoms with Crippen LogP contribution in [-0.2, 0) is 0 Å². The van der Waals surface area contributed by atoms with E-state index in [1.807, 2.05) is 13.1 Å². The van der Waals surface area contributed by atoms with Crippen LogP contribution >= 0.6 is 0 Å². The number of benzene rings is 1. The minimum atomic E-state index is -0.231. The second-order valence-electron chi connectivity index (χ2n) is 6.40. The van der Waals surface area contributed by atoms with Crippen LogP contribution in [0.15, 0.2) is 51.9 Å². The fraction of sp³-hybridized carbons (Fsp3) is 0.316. The molecule has 0 aliphatic carbocycles. The fourth-order valence-electron chi connectivity index (χ4n) is 3.50. The fourth-order valence-corrected chi connectivity index (χ4v) is 3.50. The summed E-state index contributed by atoms with van der Waals surface area (Å²) in [7, 11) is 0. The smallest absolute Gasteiger partial charge is 0.289 e. The van der Waals surface area contributed by atoms with E-state index in [1.54, 1.807) is 35.4 Å². The van der Waals surface area contributed by atoms with E-state index in [2.05, 4.69) is 9.55 Å². The first-order valence-corrected chi connectivity index (χ1v) is 8.45. The monoisotopic (exact) mass is 337 g/mol. The Hall–Kier alpha value is -2.89. The van der Waals surface area contributed by atoms with Gasteiger partial charge in [-0.15, -0.1) is 0 Å². The molecule has 2 aromatic heterocycles. The van der Waals surface area contributed by atoms with Gasteiger partial charge in [-0.25, -0.2) is 4.98 Å². The number of fused-ring (bicyclic) bond motifs is 1. The summed E-state index contributed by atoms with van der Waals surface area (Å²) in [4.78, 5) is 31.1. The Morgan fingerprint density at radius 3 is 2.96 bits per heavy atom. The molecule has 1 aliphatic heterocycles. The van der Waals surface area contributed by atoms with Gasteiger partial charge in [-0.2, -0.15) is 0 Å². The van der Waals surface area contributed by atoms with Crippen molar-refractivity contribution in [3.8, 4) is 0 Å². The molecule has 1 amide bonds. The third kappa shape index (κ3) is 2.84. The van der Waals surface area contributed by atoms with Gasteiger partial charge in [-0.05, 0) is 31.9 Å². The Bertz CT molecular complexity index is 989. The molecule has 1 aliphatic rings. The highest BCUT2D eigenvalue weighted by atomic mass is 16.3. The van der Waals surface area contributed by atoms with Crippen molar-refractivity contribution in [3.63, 3.8) is 0 Å². The van der Waals surface area contributed by atoms with Gasteiger partial charge in [0.15, 0.2) is 11.2 Å². The number of carbonyl (C=O) groups excluding carboxylic acids is 1. The average Bonchev–Trinajstić information content (AvgIpc) is 3.07. The van der Waals surface area contributed by atoms with Crippen molar-refractivity contribution in [1.82, 2.24) is 14.5 Å². The maximum Gasteiger partial charge on any atom is 0.289 e. The molecule has 1 aromatic carbocycles. The van der Waals surface area contributed by atoms with E-state index in [-0.39, 0.29) is 23.1 Å². The lowest BCUT2D eigenvalue weighted by molar-refractivity contribution is 0.0647. The van der Waals surface area contributed by atoms with E-state index in [0.29, 0.717) is 24.1 Å². The molecule has 0 unspecified atom stereocenters. The van der Waals surface area contributed by atoms with Gasteiger partial charge in [0, 0.05) is 31.5 Å². The number of amides is 1. The molecule has 0 spiro atoms. The molecule has 3 heterocycles. The lowest BCUT2D eigenvalue weighted by Crippen LogP contribution is -2.41. The third-order valence-corrected chi connectivity index (χ3v) is 4.78. The zero-order valence-corrected chi connectivity index (χ0v) is 14.0. The number of aryl methyl sites for hydroxylation is 1. The highest BCUT2D eigenvalue weighted by molar-refractivity contribution is 5.93. The van der Waals surface area contributed by atoms with Gasteiger partial charge in [-0.3, -0.25) is 9.59 Å². The van der Waals surface area contributed by atoms with Gasteiger partial charge in [0.25, 0.3) is 5.91 Å². The van der Waals surface area contributed by atoms with E-state index in [4.69, 9.17) is 4.42 Å². The van der Waals surface area contributed by atoms with Crippen LogP contribution in [0.1, 0.15) is 35.3 Å². The molecule has 6 heteroatoms. The van der Waals surface area contributed by atoms with E-state index < -0.39 is 0 Å². The Labute approximate surface area is 144 Å². The summed E-state index contributed by atoms with van der Waals surface area (Å²) >= 11 is 0. The van der Waals surface area contributed by atoms with Crippen molar-refractivity contribution in [1.29, 1.82) is 0 Å². The van der Waals surface area contributed by atoms with E-state index in [1.165, 1.54) is 6.07 Å². The van der Waals surface area contributed by atoms with E-state index >= 15 is 0 Å². The number of piperidine rings is 1. The number of likely N-dealkylation sites (tertiary alicyclic amines) is 1. The number of nitrogens with zero attached hydrogens (tertiary/aromatic N) is 3. The molecule has 0 saturated carbocycles. The van der Waals surface area contributed by atoms with Crippen LogP contribution in [0, 0.1) is 6.92 Å². The molecule has 0 radical (unpaired) electrons. The summed E-state index contributed by atoms with van der Waals surface area (Å²) in [5, 5.41) is 0.490. The lowest BCUT2D eigenvalue weighted by atomic mass is 10.0. The van der Waals surface area contributed by atoms with Gasteiger partial charge in [0.2, 0.25) is 0 Å². The minimum Gasteiger partial charge on any atom is -0.451 e. The number of carbonyl (C=O) groups is 1. The van der Waals surface area contributed by atoms with Crippen molar-refractivity contribution in [3.05, 3.63) is 64.5 Å². The highest BCUT2D eigenvalue weighted by Crippen LogP contribution is 2.24. The molecule has 0 N–H and O–H groups in total. The maximum atomic E-state index is 12.9. The Balaban J connectivity index is 1.62. The molecule has 0 bridgehead atoms. The number of imidazole rings is 1. The molecule has 1 atom stereocenters. The SMILES string of the molecule is Cc1nccn1[C@@H]1CCCN(C(=O)c2cc(=O)c3ccccc3o2)C1. The summed E-state index contributed by atoms with van der Waals surface area (Å²) in [6.45, 7) is 3.22. The maximum absolute atomic E-state index is 12.9. The van der Waals surface area contributed by atoms with Crippen LogP contribution in [0.2, 0.25) is 0 Å². The second-order valence-corrected chi connectivity index (χ2v) is 6.40. The van der Waals surface area contributed by atoms with Crippen LogP contribution in [0.4, 0.5) is 0 Å². The summed E-state index contributed by atoms with van der Waals surface area (Å²) in [6, 6.07) is 8.49. The number of para-hydroxylation sites is 1. The molecule has 128 valence electrons. The van der Waals surface area contributed by atoms with Crippen LogP contribution in [0.25, 0.3) is 11.0 Å². The molecular formula is C19H19N3O3. The van der Waals surface area contributed by atoms with Crippen LogP contribution in [0.3, 0.4) is 0 Å². The van der Waals surface area contributed by atoms with Crippen LogP contribution < -0.4 is 5.43 Å². The Morgan fingerprint density at radius 1 is 1.32 bits per heavy atom. The Morgan fingerprint density at radius 2 is 2.16 bits per heavy atom. The number of rotatable bonds is 2. The predicted octanol–water partition coefficient (Wildman–Crippen LogP) is 2.78. The van der Waals surface area contributed by atoms with Gasteiger partial charge >= 0.3 is 0 Å². The second kappa shape index (κ2) is 6.20. The molecule has 4 rings (SSSR count). The van der Waals surface area contributed by atoms with Crippen molar-refractivity contribution in [2.75, 3.05) is 13.1 Å².